The third-order valence-corrected chi connectivity index (χ3v) is 5.07. The van der Waals surface area contributed by atoms with E-state index in [4.69, 9.17) is 5.73 Å². The van der Waals surface area contributed by atoms with Crippen LogP contribution < -0.4 is 5.73 Å². The van der Waals surface area contributed by atoms with E-state index in [1.54, 1.807) is 0 Å². The molecule has 1 amide bonds. The van der Waals surface area contributed by atoms with Crippen LogP contribution in [-0.2, 0) is 0 Å². The first kappa shape index (κ1) is 16.1. The monoisotopic (exact) mass is 396 g/mol. The minimum atomic E-state index is -0.0641. The highest BCUT2D eigenvalue weighted by Crippen LogP contribution is 2.33. The third kappa shape index (κ3) is 4.05. The molecule has 18 heavy (non-hydrogen) atoms. The molecule has 0 aromatic carbocycles. The fraction of sp³-hybridized carbons (Fsp3) is 0.583. The van der Waals surface area contributed by atoms with Gasteiger partial charge in [0.2, 0.25) is 0 Å². The second kappa shape index (κ2) is 6.50. The van der Waals surface area contributed by atoms with Crippen LogP contribution in [0.2, 0.25) is 0 Å². The Morgan fingerprint density at radius 2 is 2.11 bits per heavy atom. The molecule has 0 atom stereocenters. The maximum absolute atomic E-state index is 12.4. The maximum atomic E-state index is 12.4. The van der Waals surface area contributed by atoms with Gasteiger partial charge in [-0.1, -0.05) is 13.8 Å². The summed E-state index contributed by atoms with van der Waals surface area (Å²) in [5.41, 5.74) is 6.38. The Bertz CT molecular complexity index is 432. The lowest BCUT2D eigenvalue weighted by molar-refractivity contribution is 0.0700. The normalized spacial score (nSPS) is 11.7. The van der Waals surface area contributed by atoms with E-state index in [2.05, 4.69) is 45.7 Å². The van der Waals surface area contributed by atoms with Crippen LogP contribution in [0.4, 0.5) is 0 Å². The summed E-state index contributed by atoms with van der Waals surface area (Å²) in [7, 11) is 0. The Balaban J connectivity index is 2.89. The van der Waals surface area contributed by atoms with Gasteiger partial charge in [0.1, 0.15) is 0 Å². The molecular formula is C12H18Br2N2OS. The number of rotatable bonds is 5. The van der Waals surface area contributed by atoms with Crippen LogP contribution in [0.3, 0.4) is 0 Å². The summed E-state index contributed by atoms with van der Waals surface area (Å²) in [6.45, 7) is 8.04. The van der Waals surface area contributed by atoms with Gasteiger partial charge in [-0.25, -0.2) is 0 Å². The average Bonchev–Trinajstić information content (AvgIpc) is 2.64. The van der Waals surface area contributed by atoms with Crippen molar-refractivity contribution in [1.82, 2.24) is 4.90 Å². The van der Waals surface area contributed by atoms with Crippen LogP contribution in [0, 0.1) is 5.41 Å². The minimum absolute atomic E-state index is 0.0489. The first-order valence-corrected chi connectivity index (χ1v) is 8.15. The molecule has 1 rings (SSSR count). The summed E-state index contributed by atoms with van der Waals surface area (Å²) in [6.07, 6.45) is 0. The number of hydrogen-bond donors (Lipinski definition) is 1. The summed E-state index contributed by atoms with van der Waals surface area (Å²) in [5.74, 6) is 0.0489. The summed E-state index contributed by atoms with van der Waals surface area (Å²) >= 11 is 8.33. The van der Waals surface area contributed by atoms with Gasteiger partial charge in [0.25, 0.3) is 5.91 Å². The quantitative estimate of drug-likeness (QED) is 0.822. The lowest BCUT2D eigenvalue weighted by Crippen LogP contribution is -2.41. The van der Waals surface area contributed by atoms with E-state index in [9.17, 15) is 4.79 Å². The Morgan fingerprint density at radius 3 is 2.50 bits per heavy atom. The minimum Gasteiger partial charge on any atom is -0.338 e. The summed E-state index contributed by atoms with van der Waals surface area (Å²) in [4.78, 5) is 14.3. The number of carbonyl (C=O) groups is 1. The summed E-state index contributed by atoms with van der Waals surface area (Å²) < 4.78 is 1.82. The molecule has 2 N–H and O–H groups in total. The lowest BCUT2D eigenvalue weighted by atomic mass is 9.93. The Kier molecular flexibility index (Phi) is 5.83. The zero-order valence-electron chi connectivity index (χ0n) is 10.8. The highest BCUT2D eigenvalue weighted by molar-refractivity contribution is 9.12. The van der Waals surface area contributed by atoms with E-state index in [0.717, 1.165) is 7.57 Å². The largest absolute Gasteiger partial charge is 0.338 e. The molecule has 0 bridgehead atoms. The molecule has 6 heteroatoms. The Hall–Kier alpha value is 0.0900. The van der Waals surface area contributed by atoms with E-state index in [1.807, 2.05) is 17.9 Å². The van der Waals surface area contributed by atoms with Gasteiger partial charge in [0, 0.05) is 13.1 Å². The molecular weight excluding hydrogens is 380 g/mol. The second-order valence-electron chi connectivity index (χ2n) is 4.93. The zero-order valence-corrected chi connectivity index (χ0v) is 14.8. The van der Waals surface area contributed by atoms with E-state index in [0.29, 0.717) is 25.2 Å². The number of carbonyl (C=O) groups excluding carboxylic acids is 1. The molecule has 0 fully saturated rings. The van der Waals surface area contributed by atoms with Gasteiger partial charge in [-0.15, -0.1) is 11.3 Å². The molecule has 102 valence electrons. The number of amides is 1. The lowest BCUT2D eigenvalue weighted by Gasteiger charge is -2.31. The van der Waals surface area contributed by atoms with Crippen LogP contribution in [0.5, 0.6) is 0 Å². The van der Waals surface area contributed by atoms with Gasteiger partial charge in [-0.2, -0.15) is 0 Å². The van der Waals surface area contributed by atoms with Crippen molar-refractivity contribution in [1.29, 1.82) is 0 Å². The molecule has 1 heterocycles. The second-order valence-corrected chi connectivity index (χ2v) is 8.67. The van der Waals surface area contributed by atoms with Crippen molar-refractivity contribution >= 4 is 49.1 Å². The molecule has 3 nitrogen and oxygen atoms in total. The average molecular weight is 398 g/mol. The van der Waals surface area contributed by atoms with Gasteiger partial charge in [-0.3, -0.25) is 4.79 Å². The molecule has 0 saturated carbocycles. The predicted molar refractivity (Wildman–Crippen MR) is 84.1 cm³/mol. The summed E-state index contributed by atoms with van der Waals surface area (Å²) in [6, 6.07) is 1.86. The van der Waals surface area contributed by atoms with Crippen LogP contribution in [0.25, 0.3) is 0 Å². The van der Waals surface area contributed by atoms with Crippen molar-refractivity contribution in [2.45, 2.75) is 20.8 Å². The fourth-order valence-corrected chi connectivity index (χ4v) is 4.34. The van der Waals surface area contributed by atoms with E-state index in [1.165, 1.54) is 11.3 Å². The van der Waals surface area contributed by atoms with Gasteiger partial charge in [0.05, 0.1) is 13.1 Å². The van der Waals surface area contributed by atoms with Crippen molar-refractivity contribution in [2.24, 2.45) is 11.1 Å². The van der Waals surface area contributed by atoms with Crippen molar-refractivity contribution in [3.8, 4) is 0 Å². The Morgan fingerprint density at radius 1 is 1.50 bits per heavy atom. The first-order chi connectivity index (χ1) is 8.30. The number of thiophene rings is 1. The van der Waals surface area contributed by atoms with Crippen LogP contribution in [-0.4, -0.2) is 30.4 Å². The number of nitrogens with zero attached hydrogens (tertiary/aromatic N) is 1. The van der Waals surface area contributed by atoms with E-state index in [-0.39, 0.29) is 11.3 Å². The van der Waals surface area contributed by atoms with Gasteiger partial charge >= 0.3 is 0 Å². The number of halogens is 2. The number of nitrogens with two attached hydrogens (primary N) is 1. The summed E-state index contributed by atoms with van der Waals surface area (Å²) in [5, 5.41) is 0. The molecule has 0 aliphatic carbocycles. The highest BCUT2D eigenvalue weighted by Gasteiger charge is 2.25. The Labute approximate surface area is 129 Å². The molecule has 0 saturated heterocycles. The SMILES string of the molecule is CCN(CC(C)(C)CN)C(=O)c1cc(Br)sc1Br. The van der Waals surface area contributed by atoms with Crippen LogP contribution in [0.1, 0.15) is 31.1 Å². The van der Waals surface area contributed by atoms with Gasteiger partial charge in [0.15, 0.2) is 0 Å². The highest BCUT2D eigenvalue weighted by atomic mass is 79.9. The molecule has 0 radical (unpaired) electrons. The van der Waals surface area contributed by atoms with E-state index < -0.39 is 0 Å². The fourth-order valence-electron chi connectivity index (χ4n) is 1.56. The molecule has 1 aromatic rings. The first-order valence-electron chi connectivity index (χ1n) is 5.75. The van der Waals surface area contributed by atoms with Crippen molar-refractivity contribution in [3.05, 3.63) is 19.2 Å². The topological polar surface area (TPSA) is 46.3 Å². The standard InChI is InChI=1S/C12H18Br2N2OS/c1-4-16(7-12(2,3)6-15)11(17)8-5-9(13)18-10(8)14/h5H,4,6-7,15H2,1-3H3. The van der Waals surface area contributed by atoms with Crippen molar-refractivity contribution in [2.75, 3.05) is 19.6 Å². The van der Waals surface area contributed by atoms with Crippen molar-refractivity contribution in [3.63, 3.8) is 0 Å². The molecule has 0 aliphatic heterocycles. The zero-order chi connectivity index (χ0) is 13.9. The molecule has 0 spiro atoms. The predicted octanol–water partition coefficient (Wildman–Crippen LogP) is 3.72. The van der Waals surface area contributed by atoms with Gasteiger partial charge in [-0.05, 0) is 56.8 Å². The third-order valence-electron chi connectivity index (χ3n) is 2.73. The van der Waals surface area contributed by atoms with Crippen LogP contribution in [0.15, 0.2) is 13.6 Å². The van der Waals surface area contributed by atoms with E-state index >= 15 is 0 Å². The maximum Gasteiger partial charge on any atom is 0.255 e. The number of hydrogen-bond acceptors (Lipinski definition) is 3. The van der Waals surface area contributed by atoms with Crippen molar-refractivity contribution < 1.29 is 4.79 Å². The molecule has 0 unspecified atom stereocenters. The van der Waals surface area contributed by atoms with Gasteiger partial charge < -0.3 is 10.6 Å². The molecule has 0 aliphatic rings. The molecule has 1 aromatic heterocycles. The van der Waals surface area contributed by atoms with Crippen LogP contribution >= 0.6 is 43.2 Å². The smallest absolute Gasteiger partial charge is 0.255 e.